The third-order valence-corrected chi connectivity index (χ3v) is 1.69. The standard InChI is InChI=1S/C8H16N2O3/c1-6(2)10(5-8(12)13)4-7(11)9-3/h6H,4-5H2,1-3H3,(H,9,11)(H,12,13). The first-order chi connectivity index (χ1) is 5.97. The van der Waals surface area contributed by atoms with E-state index in [4.69, 9.17) is 5.11 Å². The van der Waals surface area contributed by atoms with Crippen LogP contribution in [0.5, 0.6) is 0 Å². The minimum atomic E-state index is -0.919. The summed E-state index contributed by atoms with van der Waals surface area (Å²) in [6.45, 7) is 3.73. The average Bonchev–Trinajstić information content (AvgIpc) is 2.02. The summed E-state index contributed by atoms with van der Waals surface area (Å²) in [5.74, 6) is -1.09. The summed E-state index contributed by atoms with van der Waals surface area (Å²) >= 11 is 0. The number of nitrogens with zero attached hydrogens (tertiary/aromatic N) is 1. The molecule has 0 saturated carbocycles. The average molecular weight is 188 g/mol. The number of likely N-dealkylation sites (N-methyl/N-ethyl adjacent to an activating group) is 1. The van der Waals surface area contributed by atoms with Crippen LogP contribution < -0.4 is 5.32 Å². The molecule has 5 nitrogen and oxygen atoms in total. The molecule has 2 N–H and O–H groups in total. The molecule has 0 unspecified atom stereocenters. The van der Waals surface area contributed by atoms with Gasteiger partial charge in [0.1, 0.15) is 0 Å². The number of carbonyl (C=O) groups is 2. The fraction of sp³-hybridized carbons (Fsp3) is 0.750. The van der Waals surface area contributed by atoms with E-state index in [2.05, 4.69) is 5.32 Å². The molecular weight excluding hydrogens is 172 g/mol. The summed E-state index contributed by atoms with van der Waals surface area (Å²) < 4.78 is 0. The maximum Gasteiger partial charge on any atom is 0.317 e. The molecule has 0 aliphatic heterocycles. The van der Waals surface area contributed by atoms with E-state index in [-0.39, 0.29) is 25.0 Å². The summed E-state index contributed by atoms with van der Waals surface area (Å²) in [6.07, 6.45) is 0. The number of amides is 1. The number of rotatable bonds is 5. The number of carboxylic acid groups (broad SMARTS) is 1. The van der Waals surface area contributed by atoms with E-state index < -0.39 is 5.97 Å². The lowest BCUT2D eigenvalue weighted by Crippen LogP contribution is -2.42. The molecule has 76 valence electrons. The highest BCUT2D eigenvalue weighted by molar-refractivity contribution is 5.78. The van der Waals surface area contributed by atoms with Gasteiger partial charge in [0.15, 0.2) is 0 Å². The highest BCUT2D eigenvalue weighted by Crippen LogP contribution is 1.96. The molecule has 1 amide bonds. The Morgan fingerprint density at radius 2 is 1.92 bits per heavy atom. The molecule has 0 bridgehead atoms. The second-order valence-electron chi connectivity index (χ2n) is 3.07. The van der Waals surface area contributed by atoms with Crippen molar-refractivity contribution in [3.05, 3.63) is 0 Å². The Bertz CT molecular complexity index is 192. The first-order valence-electron chi connectivity index (χ1n) is 4.13. The molecule has 0 saturated heterocycles. The van der Waals surface area contributed by atoms with Crippen LogP contribution in [0.3, 0.4) is 0 Å². The number of carboxylic acids is 1. The lowest BCUT2D eigenvalue weighted by molar-refractivity contribution is -0.139. The van der Waals surface area contributed by atoms with Gasteiger partial charge in [0.2, 0.25) is 5.91 Å². The molecule has 0 spiro atoms. The quantitative estimate of drug-likeness (QED) is 0.612. The van der Waals surface area contributed by atoms with Crippen LogP contribution in [0.4, 0.5) is 0 Å². The van der Waals surface area contributed by atoms with E-state index in [9.17, 15) is 9.59 Å². The van der Waals surface area contributed by atoms with E-state index in [1.54, 1.807) is 4.90 Å². The smallest absolute Gasteiger partial charge is 0.317 e. The molecule has 0 atom stereocenters. The molecular formula is C8H16N2O3. The SMILES string of the molecule is CNC(=O)CN(CC(=O)O)C(C)C. The third kappa shape index (κ3) is 5.19. The van der Waals surface area contributed by atoms with Gasteiger partial charge in [-0.15, -0.1) is 0 Å². The zero-order chi connectivity index (χ0) is 10.4. The van der Waals surface area contributed by atoms with Gasteiger partial charge in [-0.25, -0.2) is 0 Å². The van der Waals surface area contributed by atoms with Crippen LogP contribution >= 0.6 is 0 Å². The number of nitrogens with one attached hydrogen (secondary N) is 1. The van der Waals surface area contributed by atoms with Gasteiger partial charge in [-0.2, -0.15) is 0 Å². The summed E-state index contributed by atoms with van der Waals surface area (Å²) in [7, 11) is 1.53. The molecule has 0 radical (unpaired) electrons. The maximum absolute atomic E-state index is 11.0. The number of hydrogen-bond donors (Lipinski definition) is 2. The van der Waals surface area contributed by atoms with Gasteiger partial charge in [-0.3, -0.25) is 14.5 Å². The van der Waals surface area contributed by atoms with Crippen molar-refractivity contribution in [3.63, 3.8) is 0 Å². The first kappa shape index (κ1) is 11.9. The van der Waals surface area contributed by atoms with Crippen molar-refractivity contribution in [2.24, 2.45) is 0 Å². The predicted octanol–water partition coefficient (Wildman–Crippen LogP) is -0.473. The largest absolute Gasteiger partial charge is 0.480 e. The van der Waals surface area contributed by atoms with Gasteiger partial charge in [-0.1, -0.05) is 0 Å². The Balaban J connectivity index is 4.09. The van der Waals surface area contributed by atoms with Crippen LogP contribution in [0.1, 0.15) is 13.8 Å². The summed E-state index contributed by atoms with van der Waals surface area (Å²) in [4.78, 5) is 23.0. The highest BCUT2D eigenvalue weighted by atomic mass is 16.4. The minimum absolute atomic E-state index is 0.0494. The second kappa shape index (κ2) is 5.53. The van der Waals surface area contributed by atoms with Gasteiger partial charge in [-0.05, 0) is 13.8 Å². The van der Waals surface area contributed by atoms with Crippen molar-refractivity contribution in [1.82, 2.24) is 10.2 Å². The van der Waals surface area contributed by atoms with Crippen molar-refractivity contribution in [2.75, 3.05) is 20.1 Å². The molecule has 0 aromatic rings. The van der Waals surface area contributed by atoms with Crippen LogP contribution in [0.25, 0.3) is 0 Å². The van der Waals surface area contributed by atoms with Crippen molar-refractivity contribution in [3.8, 4) is 0 Å². The van der Waals surface area contributed by atoms with Crippen molar-refractivity contribution in [2.45, 2.75) is 19.9 Å². The molecule has 0 aromatic carbocycles. The summed E-state index contributed by atoms with van der Waals surface area (Å²) in [5.41, 5.74) is 0. The molecule has 0 aliphatic rings. The zero-order valence-electron chi connectivity index (χ0n) is 8.20. The molecule has 0 rings (SSSR count). The fourth-order valence-electron chi connectivity index (χ4n) is 0.858. The Kier molecular flexibility index (Phi) is 5.06. The van der Waals surface area contributed by atoms with Crippen molar-refractivity contribution in [1.29, 1.82) is 0 Å². The van der Waals surface area contributed by atoms with Crippen LogP contribution in [0, 0.1) is 0 Å². The van der Waals surface area contributed by atoms with E-state index in [1.807, 2.05) is 13.8 Å². The third-order valence-electron chi connectivity index (χ3n) is 1.69. The van der Waals surface area contributed by atoms with E-state index in [0.717, 1.165) is 0 Å². The van der Waals surface area contributed by atoms with E-state index in [1.165, 1.54) is 7.05 Å². The molecule has 5 heteroatoms. The number of carbonyl (C=O) groups excluding carboxylic acids is 1. The first-order valence-corrected chi connectivity index (χ1v) is 4.13. The highest BCUT2D eigenvalue weighted by Gasteiger charge is 2.15. The van der Waals surface area contributed by atoms with Crippen LogP contribution in [-0.4, -0.2) is 48.1 Å². The predicted molar refractivity (Wildman–Crippen MR) is 48.4 cm³/mol. The molecule has 0 fully saturated rings. The molecule has 0 aliphatic carbocycles. The Hall–Kier alpha value is -1.10. The van der Waals surface area contributed by atoms with Crippen LogP contribution in [0.15, 0.2) is 0 Å². The Labute approximate surface area is 77.7 Å². The fourth-order valence-corrected chi connectivity index (χ4v) is 0.858. The van der Waals surface area contributed by atoms with Gasteiger partial charge in [0.05, 0.1) is 13.1 Å². The summed E-state index contributed by atoms with van der Waals surface area (Å²) in [6, 6.07) is 0.0494. The van der Waals surface area contributed by atoms with Crippen molar-refractivity contribution >= 4 is 11.9 Å². The van der Waals surface area contributed by atoms with Gasteiger partial charge < -0.3 is 10.4 Å². The van der Waals surface area contributed by atoms with Gasteiger partial charge in [0, 0.05) is 13.1 Å². The monoisotopic (exact) mass is 188 g/mol. The topological polar surface area (TPSA) is 69.6 Å². The minimum Gasteiger partial charge on any atom is -0.480 e. The lowest BCUT2D eigenvalue weighted by atomic mass is 10.3. The Morgan fingerprint density at radius 1 is 1.38 bits per heavy atom. The number of hydrogen-bond acceptors (Lipinski definition) is 3. The van der Waals surface area contributed by atoms with Gasteiger partial charge in [0.25, 0.3) is 0 Å². The lowest BCUT2D eigenvalue weighted by Gasteiger charge is -2.23. The van der Waals surface area contributed by atoms with Crippen molar-refractivity contribution < 1.29 is 14.7 Å². The maximum atomic E-state index is 11.0. The Morgan fingerprint density at radius 3 is 2.23 bits per heavy atom. The molecule has 0 aromatic heterocycles. The molecule has 0 heterocycles. The van der Waals surface area contributed by atoms with E-state index in [0.29, 0.717) is 0 Å². The van der Waals surface area contributed by atoms with Crippen LogP contribution in [0.2, 0.25) is 0 Å². The summed E-state index contributed by atoms with van der Waals surface area (Å²) in [5, 5.41) is 11.0. The van der Waals surface area contributed by atoms with Crippen LogP contribution in [-0.2, 0) is 9.59 Å². The number of aliphatic carboxylic acids is 1. The van der Waals surface area contributed by atoms with E-state index >= 15 is 0 Å². The molecule has 13 heavy (non-hydrogen) atoms. The van der Waals surface area contributed by atoms with Gasteiger partial charge >= 0.3 is 5.97 Å². The normalized spacial score (nSPS) is 10.5. The zero-order valence-corrected chi connectivity index (χ0v) is 8.20. The second-order valence-corrected chi connectivity index (χ2v) is 3.07.